The molecule has 13 heavy (non-hydrogen) atoms. The average Bonchev–Trinajstić information content (AvgIpc) is 2.46. The number of nitriles is 1. The highest BCUT2D eigenvalue weighted by atomic mass is 79.9. The third kappa shape index (κ3) is 2.92. The van der Waals surface area contributed by atoms with E-state index >= 15 is 0 Å². The maximum atomic E-state index is 8.67. The SMILES string of the molecule is N#CC(=Cc1cc(Br)cs1)C(N)=S. The third-order valence-electron chi connectivity index (χ3n) is 1.26. The van der Waals surface area contributed by atoms with Crippen molar-refractivity contribution in [3.8, 4) is 6.07 Å². The Labute approximate surface area is 93.8 Å². The highest BCUT2D eigenvalue weighted by molar-refractivity contribution is 9.10. The van der Waals surface area contributed by atoms with Gasteiger partial charge in [0.25, 0.3) is 0 Å². The molecule has 0 amide bonds. The van der Waals surface area contributed by atoms with Crippen LogP contribution in [0.15, 0.2) is 21.5 Å². The fourth-order valence-corrected chi connectivity index (χ4v) is 2.19. The van der Waals surface area contributed by atoms with E-state index in [0.29, 0.717) is 5.57 Å². The Kier molecular flexibility index (Phi) is 3.60. The van der Waals surface area contributed by atoms with E-state index in [2.05, 4.69) is 15.9 Å². The summed E-state index contributed by atoms with van der Waals surface area (Å²) in [5, 5.41) is 10.6. The summed E-state index contributed by atoms with van der Waals surface area (Å²) in [5.41, 5.74) is 5.67. The summed E-state index contributed by atoms with van der Waals surface area (Å²) in [5.74, 6) is 0. The molecule has 0 aromatic carbocycles. The molecule has 0 fully saturated rings. The van der Waals surface area contributed by atoms with Gasteiger partial charge in [-0.3, -0.25) is 0 Å². The lowest BCUT2D eigenvalue weighted by atomic mass is 10.2. The van der Waals surface area contributed by atoms with Crippen LogP contribution in [0.25, 0.3) is 6.08 Å². The molecule has 0 atom stereocenters. The summed E-state index contributed by atoms with van der Waals surface area (Å²) in [4.78, 5) is 1.09. The van der Waals surface area contributed by atoms with Crippen LogP contribution in [0.4, 0.5) is 0 Å². The van der Waals surface area contributed by atoms with Crippen molar-refractivity contribution in [1.29, 1.82) is 5.26 Å². The van der Waals surface area contributed by atoms with E-state index in [0.717, 1.165) is 9.35 Å². The Balaban J connectivity index is 3.00. The molecule has 0 spiro atoms. The van der Waals surface area contributed by atoms with Crippen LogP contribution in [0.3, 0.4) is 0 Å². The molecule has 2 N–H and O–H groups in total. The molecular weight excluding hydrogens is 268 g/mol. The molecule has 0 bridgehead atoms. The summed E-state index contributed by atoms with van der Waals surface area (Å²) >= 11 is 9.54. The van der Waals surface area contributed by atoms with Crippen LogP contribution in [0.1, 0.15) is 4.88 Å². The molecule has 0 aliphatic heterocycles. The fourth-order valence-electron chi connectivity index (χ4n) is 0.705. The van der Waals surface area contributed by atoms with E-state index in [-0.39, 0.29) is 4.99 Å². The first-order chi connectivity index (χ1) is 6.13. The number of hydrogen-bond acceptors (Lipinski definition) is 3. The smallest absolute Gasteiger partial charge is 0.114 e. The van der Waals surface area contributed by atoms with Gasteiger partial charge in [-0.25, -0.2) is 0 Å². The second-order valence-electron chi connectivity index (χ2n) is 2.20. The minimum atomic E-state index is 0.132. The number of rotatable bonds is 2. The van der Waals surface area contributed by atoms with Crippen molar-refractivity contribution in [1.82, 2.24) is 0 Å². The van der Waals surface area contributed by atoms with Crippen molar-refractivity contribution < 1.29 is 0 Å². The number of nitrogens with zero attached hydrogens (tertiary/aromatic N) is 1. The van der Waals surface area contributed by atoms with Crippen molar-refractivity contribution in [3.63, 3.8) is 0 Å². The van der Waals surface area contributed by atoms with Crippen molar-refractivity contribution in [2.75, 3.05) is 0 Å². The van der Waals surface area contributed by atoms with E-state index in [9.17, 15) is 0 Å². The van der Waals surface area contributed by atoms with Gasteiger partial charge in [0.1, 0.15) is 11.1 Å². The van der Waals surface area contributed by atoms with Crippen molar-refractivity contribution in [2.24, 2.45) is 5.73 Å². The number of nitrogens with two attached hydrogens (primary N) is 1. The van der Waals surface area contributed by atoms with Gasteiger partial charge in [0.15, 0.2) is 0 Å². The van der Waals surface area contributed by atoms with E-state index in [4.69, 9.17) is 23.2 Å². The lowest BCUT2D eigenvalue weighted by Gasteiger charge is -1.91. The summed E-state index contributed by atoms with van der Waals surface area (Å²) in [6, 6.07) is 3.85. The number of thiocarbonyl (C=S) groups is 1. The van der Waals surface area contributed by atoms with Gasteiger partial charge < -0.3 is 5.73 Å². The monoisotopic (exact) mass is 272 g/mol. The van der Waals surface area contributed by atoms with Gasteiger partial charge >= 0.3 is 0 Å². The molecule has 1 aromatic heterocycles. The Bertz CT molecular complexity index is 401. The lowest BCUT2D eigenvalue weighted by Crippen LogP contribution is -2.09. The Hall–Kier alpha value is -0.700. The first-order valence-corrected chi connectivity index (χ1v) is 5.37. The van der Waals surface area contributed by atoms with Gasteiger partial charge in [-0.05, 0) is 28.1 Å². The molecule has 0 radical (unpaired) electrons. The van der Waals surface area contributed by atoms with Crippen LogP contribution in [-0.2, 0) is 0 Å². The van der Waals surface area contributed by atoms with Crippen molar-refractivity contribution in [3.05, 3.63) is 26.4 Å². The highest BCUT2D eigenvalue weighted by Gasteiger charge is 2.00. The first-order valence-electron chi connectivity index (χ1n) is 3.29. The predicted molar refractivity (Wildman–Crippen MR) is 62.4 cm³/mol. The van der Waals surface area contributed by atoms with E-state index in [1.807, 2.05) is 17.5 Å². The summed E-state index contributed by atoms with van der Waals surface area (Å²) in [6.45, 7) is 0. The van der Waals surface area contributed by atoms with Gasteiger partial charge in [-0.1, -0.05) is 12.2 Å². The van der Waals surface area contributed by atoms with Gasteiger partial charge in [-0.2, -0.15) is 5.26 Å². The zero-order valence-electron chi connectivity index (χ0n) is 6.45. The minimum Gasteiger partial charge on any atom is -0.389 e. The normalized spacial score (nSPS) is 10.9. The molecule has 5 heteroatoms. The Morgan fingerprint density at radius 2 is 2.46 bits per heavy atom. The van der Waals surface area contributed by atoms with Gasteiger partial charge in [0.2, 0.25) is 0 Å². The molecule has 0 aliphatic carbocycles. The second-order valence-corrected chi connectivity index (χ2v) is 4.50. The van der Waals surface area contributed by atoms with Gasteiger partial charge in [0.05, 0.1) is 5.57 Å². The first kappa shape index (κ1) is 10.4. The van der Waals surface area contributed by atoms with Crippen LogP contribution in [0, 0.1) is 11.3 Å². The highest BCUT2D eigenvalue weighted by Crippen LogP contribution is 2.21. The minimum absolute atomic E-state index is 0.132. The molecule has 1 heterocycles. The van der Waals surface area contributed by atoms with Crippen LogP contribution in [-0.4, -0.2) is 4.99 Å². The van der Waals surface area contributed by atoms with Crippen LogP contribution < -0.4 is 5.73 Å². The molecule has 0 saturated carbocycles. The molecular formula is C8H5BrN2S2. The fraction of sp³-hybridized carbons (Fsp3) is 0. The van der Waals surface area contributed by atoms with Crippen molar-refractivity contribution in [2.45, 2.75) is 0 Å². The number of thiophene rings is 1. The molecule has 0 saturated heterocycles. The summed E-state index contributed by atoms with van der Waals surface area (Å²) in [6.07, 6.45) is 1.68. The standard InChI is InChI=1S/C8H5BrN2S2/c9-6-2-7(13-4-6)1-5(3-10)8(11)12/h1-2,4H,(H2,11,12). The molecule has 0 unspecified atom stereocenters. The largest absolute Gasteiger partial charge is 0.389 e. The second kappa shape index (κ2) is 4.51. The molecule has 2 nitrogen and oxygen atoms in total. The van der Waals surface area contributed by atoms with E-state index < -0.39 is 0 Å². The zero-order chi connectivity index (χ0) is 9.84. The van der Waals surface area contributed by atoms with Gasteiger partial charge in [-0.15, -0.1) is 11.3 Å². The third-order valence-corrected chi connectivity index (χ3v) is 3.12. The molecule has 0 aliphatic rings. The maximum absolute atomic E-state index is 8.67. The zero-order valence-corrected chi connectivity index (χ0v) is 9.67. The maximum Gasteiger partial charge on any atom is 0.114 e. The number of halogens is 1. The predicted octanol–water partition coefficient (Wildman–Crippen LogP) is 2.70. The van der Waals surface area contributed by atoms with E-state index in [1.54, 1.807) is 6.08 Å². The van der Waals surface area contributed by atoms with E-state index in [1.165, 1.54) is 11.3 Å². The van der Waals surface area contributed by atoms with Crippen LogP contribution >= 0.6 is 39.5 Å². The van der Waals surface area contributed by atoms with Crippen LogP contribution in [0.5, 0.6) is 0 Å². The quantitative estimate of drug-likeness (QED) is 0.512. The Morgan fingerprint density at radius 1 is 1.77 bits per heavy atom. The van der Waals surface area contributed by atoms with Gasteiger partial charge in [0, 0.05) is 14.7 Å². The topological polar surface area (TPSA) is 49.8 Å². The summed E-state index contributed by atoms with van der Waals surface area (Å²) < 4.78 is 0.990. The average molecular weight is 273 g/mol. The molecule has 1 rings (SSSR count). The number of hydrogen-bond donors (Lipinski definition) is 1. The Morgan fingerprint density at radius 3 is 2.85 bits per heavy atom. The molecule has 1 aromatic rings. The summed E-state index contributed by atoms with van der Waals surface area (Å²) in [7, 11) is 0. The van der Waals surface area contributed by atoms with Crippen LogP contribution in [0.2, 0.25) is 0 Å². The molecule has 66 valence electrons. The van der Waals surface area contributed by atoms with Crippen molar-refractivity contribution >= 4 is 50.5 Å². The lowest BCUT2D eigenvalue weighted by molar-refractivity contribution is 1.52.